The molecule has 0 unspecified atom stereocenters. The maximum atomic E-state index is 10.8. The molecule has 2 rings (SSSR count). The molecule has 80 valence electrons. The molecule has 2 nitrogen and oxygen atoms in total. The van der Waals surface area contributed by atoms with Gasteiger partial charge in [-0.2, -0.15) is 0 Å². The fourth-order valence-corrected chi connectivity index (χ4v) is 1.71. The first kappa shape index (κ1) is 10.6. The Morgan fingerprint density at radius 1 is 1.00 bits per heavy atom. The Balaban J connectivity index is 2.08. The molecule has 0 aliphatic carbocycles. The zero-order valence-electron chi connectivity index (χ0n) is 8.97. The lowest BCUT2D eigenvalue weighted by Crippen LogP contribution is -1.96. The predicted molar refractivity (Wildman–Crippen MR) is 63.5 cm³/mol. The monoisotopic (exact) mass is 211 g/mol. The van der Waals surface area contributed by atoms with Crippen molar-refractivity contribution in [1.29, 1.82) is 0 Å². The lowest BCUT2D eigenvalue weighted by Gasteiger charge is -2.04. The maximum absolute atomic E-state index is 10.8. The Hall–Kier alpha value is -1.96. The number of hydrogen-bond acceptors (Lipinski definition) is 2. The molecule has 1 aromatic carbocycles. The van der Waals surface area contributed by atoms with Crippen molar-refractivity contribution in [3.05, 3.63) is 65.5 Å². The average molecular weight is 211 g/mol. The summed E-state index contributed by atoms with van der Waals surface area (Å²) in [7, 11) is 0. The van der Waals surface area contributed by atoms with E-state index in [0.717, 1.165) is 30.3 Å². The van der Waals surface area contributed by atoms with Gasteiger partial charge in [0.2, 0.25) is 0 Å². The summed E-state index contributed by atoms with van der Waals surface area (Å²) >= 11 is 0. The number of nitrogens with zero attached hydrogens (tertiary/aromatic N) is 1. The van der Waals surface area contributed by atoms with Crippen LogP contribution in [0.5, 0.6) is 0 Å². The van der Waals surface area contributed by atoms with Crippen LogP contribution >= 0.6 is 0 Å². The van der Waals surface area contributed by atoms with Crippen LogP contribution in [0.4, 0.5) is 0 Å². The van der Waals surface area contributed by atoms with E-state index >= 15 is 0 Å². The minimum Gasteiger partial charge on any atom is -0.298 e. The normalized spacial score (nSPS) is 10.0. The van der Waals surface area contributed by atoms with Gasteiger partial charge in [0.15, 0.2) is 0 Å². The van der Waals surface area contributed by atoms with Gasteiger partial charge in [-0.3, -0.25) is 9.78 Å². The quantitative estimate of drug-likeness (QED) is 0.728. The highest BCUT2D eigenvalue weighted by Gasteiger charge is 2.00. The van der Waals surface area contributed by atoms with Crippen molar-refractivity contribution in [2.45, 2.75) is 12.8 Å². The van der Waals surface area contributed by atoms with E-state index in [-0.39, 0.29) is 0 Å². The molecule has 0 fully saturated rings. The minimum absolute atomic E-state index is 0.788. The molecule has 0 aliphatic heterocycles. The molecule has 0 N–H and O–H groups in total. The number of aldehydes is 1. The molecule has 2 heteroatoms. The van der Waals surface area contributed by atoms with Crippen molar-refractivity contribution in [2.75, 3.05) is 0 Å². The van der Waals surface area contributed by atoms with Crippen LogP contribution in [0.2, 0.25) is 0 Å². The van der Waals surface area contributed by atoms with Crippen LogP contribution in [0.1, 0.15) is 21.5 Å². The van der Waals surface area contributed by atoms with E-state index in [2.05, 4.69) is 4.98 Å². The van der Waals surface area contributed by atoms with Gasteiger partial charge in [0.05, 0.1) is 0 Å². The Kier molecular flexibility index (Phi) is 3.44. The van der Waals surface area contributed by atoms with Crippen LogP contribution in [0.25, 0.3) is 0 Å². The second-order valence-corrected chi connectivity index (χ2v) is 3.67. The summed E-state index contributed by atoms with van der Waals surface area (Å²) in [6.07, 6.45) is 6.33. The van der Waals surface area contributed by atoms with Gasteiger partial charge in [-0.25, -0.2) is 0 Å². The highest BCUT2D eigenvalue weighted by atomic mass is 16.1. The topological polar surface area (TPSA) is 30.0 Å². The van der Waals surface area contributed by atoms with Crippen molar-refractivity contribution in [3.63, 3.8) is 0 Å². The number of hydrogen-bond donors (Lipinski definition) is 0. The molecule has 0 radical (unpaired) electrons. The predicted octanol–water partition coefficient (Wildman–Crippen LogP) is 2.68. The van der Waals surface area contributed by atoms with E-state index in [9.17, 15) is 4.79 Å². The zero-order chi connectivity index (χ0) is 11.2. The molecule has 0 bridgehead atoms. The summed E-state index contributed by atoms with van der Waals surface area (Å²) in [4.78, 5) is 14.8. The summed E-state index contributed by atoms with van der Waals surface area (Å²) in [6.45, 7) is 0. The highest BCUT2D eigenvalue weighted by molar-refractivity contribution is 5.77. The average Bonchev–Trinajstić information content (AvgIpc) is 2.38. The highest BCUT2D eigenvalue weighted by Crippen LogP contribution is 2.10. The van der Waals surface area contributed by atoms with Crippen LogP contribution in [0, 0.1) is 0 Å². The number of aromatic nitrogens is 1. The zero-order valence-corrected chi connectivity index (χ0v) is 8.97. The van der Waals surface area contributed by atoms with Crippen LogP contribution < -0.4 is 0 Å². The Morgan fingerprint density at radius 3 is 2.50 bits per heavy atom. The van der Waals surface area contributed by atoms with Crippen LogP contribution in [0.3, 0.4) is 0 Å². The van der Waals surface area contributed by atoms with Crippen LogP contribution in [0.15, 0.2) is 48.8 Å². The van der Waals surface area contributed by atoms with Crippen molar-refractivity contribution >= 4 is 6.29 Å². The fraction of sp³-hybridized carbons (Fsp3) is 0.143. The van der Waals surface area contributed by atoms with Gasteiger partial charge < -0.3 is 0 Å². The number of benzene rings is 1. The first-order valence-electron chi connectivity index (χ1n) is 5.32. The van der Waals surface area contributed by atoms with Gasteiger partial charge in [0.1, 0.15) is 6.29 Å². The first-order chi connectivity index (χ1) is 7.90. The Labute approximate surface area is 95.0 Å². The van der Waals surface area contributed by atoms with Gasteiger partial charge in [-0.1, -0.05) is 24.3 Å². The standard InChI is InChI=1S/C14H13NO/c16-11-14-4-2-1-3-13(14)6-5-12-7-9-15-10-8-12/h1-4,7-11H,5-6H2. The summed E-state index contributed by atoms with van der Waals surface area (Å²) < 4.78 is 0. The Bertz CT molecular complexity index is 465. The molecular weight excluding hydrogens is 198 g/mol. The molecule has 2 aromatic rings. The van der Waals surface area contributed by atoms with E-state index < -0.39 is 0 Å². The molecule has 0 aliphatic rings. The SMILES string of the molecule is O=Cc1ccccc1CCc1ccncc1. The third kappa shape index (κ3) is 2.54. The van der Waals surface area contributed by atoms with Crippen molar-refractivity contribution in [1.82, 2.24) is 4.98 Å². The number of aryl methyl sites for hydroxylation is 2. The molecule has 0 amide bonds. The van der Waals surface area contributed by atoms with Crippen molar-refractivity contribution < 1.29 is 4.79 Å². The fourth-order valence-electron chi connectivity index (χ4n) is 1.71. The lowest BCUT2D eigenvalue weighted by atomic mass is 10.0. The van der Waals surface area contributed by atoms with E-state index in [0.29, 0.717) is 0 Å². The van der Waals surface area contributed by atoms with Crippen LogP contribution in [-0.2, 0) is 12.8 Å². The number of rotatable bonds is 4. The summed E-state index contributed by atoms with van der Waals surface area (Å²) in [5.41, 5.74) is 3.14. The third-order valence-corrected chi connectivity index (χ3v) is 2.61. The molecule has 0 spiro atoms. The summed E-state index contributed by atoms with van der Waals surface area (Å²) in [6, 6.07) is 11.7. The van der Waals surface area contributed by atoms with E-state index in [1.54, 1.807) is 12.4 Å². The largest absolute Gasteiger partial charge is 0.298 e. The second kappa shape index (κ2) is 5.21. The lowest BCUT2D eigenvalue weighted by molar-refractivity contribution is 0.112. The van der Waals surface area contributed by atoms with Crippen molar-refractivity contribution in [3.8, 4) is 0 Å². The molecule has 0 saturated carbocycles. The Morgan fingerprint density at radius 2 is 1.75 bits per heavy atom. The maximum Gasteiger partial charge on any atom is 0.150 e. The van der Waals surface area contributed by atoms with Gasteiger partial charge in [0.25, 0.3) is 0 Å². The number of carbonyl (C=O) groups is 1. The molecule has 1 heterocycles. The van der Waals surface area contributed by atoms with E-state index in [4.69, 9.17) is 0 Å². The molecule has 16 heavy (non-hydrogen) atoms. The number of pyridine rings is 1. The van der Waals surface area contributed by atoms with Crippen molar-refractivity contribution in [2.24, 2.45) is 0 Å². The third-order valence-electron chi connectivity index (χ3n) is 2.61. The van der Waals surface area contributed by atoms with E-state index in [1.165, 1.54) is 5.56 Å². The second-order valence-electron chi connectivity index (χ2n) is 3.67. The van der Waals surface area contributed by atoms with E-state index in [1.807, 2.05) is 36.4 Å². The van der Waals surface area contributed by atoms with Gasteiger partial charge in [0, 0.05) is 18.0 Å². The smallest absolute Gasteiger partial charge is 0.150 e. The van der Waals surface area contributed by atoms with Gasteiger partial charge in [-0.15, -0.1) is 0 Å². The molecule has 0 atom stereocenters. The number of carbonyl (C=O) groups excluding carboxylic acids is 1. The van der Waals surface area contributed by atoms with Gasteiger partial charge in [-0.05, 0) is 36.1 Å². The van der Waals surface area contributed by atoms with Gasteiger partial charge >= 0.3 is 0 Å². The minimum atomic E-state index is 0.788. The summed E-state index contributed by atoms with van der Waals surface area (Å²) in [5.74, 6) is 0. The first-order valence-corrected chi connectivity index (χ1v) is 5.32. The van der Waals surface area contributed by atoms with Crippen LogP contribution in [-0.4, -0.2) is 11.3 Å². The molecule has 0 saturated heterocycles. The summed E-state index contributed by atoms with van der Waals surface area (Å²) in [5, 5.41) is 0. The molecular formula is C14H13NO. The molecule has 1 aromatic heterocycles.